The quantitative estimate of drug-likeness (QED) is 0.629. The summed E-state index contributed by atoms with van der Waals surface area (Å²) in [4.78, 5) is 12.0. The van der Waals surface area contributed by atoms with Gasteiger partial charge in [-0.3, -0.25) is 4.79 Å². The first-order chi connectivity index (χ1) is 7.54. The molecule has 2 N–H and O–H groups in total. The van der Waals surface area contributed by atoms with Crippen molar-refractivity contribution in [3.63, 3.8) is 0 Å². The van der Waals surface area contributed by atoms with Crippen LogP contribution in [0.15, 0.2) is 0 Å². The Morgan fingerprint density at radius 1 is 1.12 bits per heavy atom. The first kappa shape index (κ1) is 17.8. The van der Waals surface area contributed by atoms with Gasteiger partial charge in [-0.25, -0.2) is 0 Å². The second-order valence-corrected chi connectivity index (χ2v) is 4.08. The maximum Gasteiger partial charge on any atom is 0.303 e. The first-order valence-corrected chi connectivity index (χ1v) is 6.02. The molecule has 0 amide bonds. The molecule has 0 bridgehead atoms. The topological polar surface area (TPSA) is 60.8 Å². The molecule has 0 aromatic rings. The highest BCUT2D eigenvalue weighted by Crippen LogP contribution is 2.04. The standard InChI is InChI=1S/C8H16O2.C4H11NO/c1-2-3-4-5-6-7-8(9)10;1-5(2)3-4-6/h2-7H2,1H3,(H,9,10);6H,3-4H2,1-2H3. The first-order valence-electron chi connectivity index (χ1n) is 6.02. The Hall–Kier alpha value is -0.610. The summed E-state index contributed by atoms with van der Waals surface area (Å²) in [6.45, 7) is 3.17. The molecule has 0 aliphatic heterocycles. The second-order valence-electron chi connectivity index (χ2n) is 4.08. The lowest BCUT2D eigenvalue weighted by atomic mass is 10.1. The fourth-order valence-electron chi connectivity index (χ4n) is 1.08. The monoisotopic (exact) mass is 233 g/mol. The van der Waals surface area contributed by atoms with E-state index in [4.69, 9.17) is 10.2 Å². The van der Waals surface area contributed by atoms with Crippen LogP contribution in [0.1, 0.15) is 45.4 Å². The van der Waals surface area contributed by atoms with Gasteiger partial charge in [0.15, 0.2) is 0 Å². The largest absolute Gasteiger partial charge is 0.481 e. The molecule has 0 saturated carbocycles. The highest BCUT2D eigenvalue weighted by Gasteiger charge is 1.94. The predicted octanol–water partition coefficient (Wildman–Crippen LogP) is 1.97. The molecule has 0 unspecified atom stereocenters. The molecule has 0 saturated heterocycles. The van der Waals surface area contributed by atoms with Crippen LogP contribution in [0.5, 0.6) is 0 Å². The summed E-state index contributed by atoms with van der Waals surface area (Å²) in [6, 6.07) is 0. The summed E-state index contributed by atoms with van der Waals surface area (Å²) >= 11 is 0. The highest BCUT2D eigenvalue weighted by atomic mass is 16.4. The van der Waals surface area contributed by atoms with Crippen LogP contribution in [0.25, 0.3) is 0 Å². The molecule has 0 aromatic carbocycles. The third kappa shape index (κ3) is 23.3. The van der Waals surface area contributed by atoms with Crippen LogP contribution in [0.4, 0.5) is 0 Å². The number of aliphatic hydroxyl groups is 1. The number of unbranched alkanes of at least 4 members (excludes halogenated alkanes) is 4. The Balaban J connectivity index is 0. The van der Waals surface area contributed by atoms with Crippen LogP contribution in [0.3, 0.4) is 0 Å². The van der Waals surface area contributed by atoms with E-state index in [1.165, 1.54) is 19.3 Å². The molecular formula is C12H27NO3. The van der Waals surface area contributed by atoms with E-state index in [1.807, 2.05) is 19.0 Å². The number of carboxylic acid groups (broad SMARTS) is 1. The average Bonchev–Trinajstić information content (AvgIpc) is 2.17. The van der Waals surface area contributed by atoms with Gasteiger partial charge in [0.2, 0.25) is 0 Å². The fraction of sp³-hybridized carbons (Fsp3) is 0.917. The number of aliphatic hydroxyl groups excluding tert-OH is 1. The number of carbonyl (C=O) groups is 1. The van der Waals surface area contributed by atoms with Gasteiger partial charge < -0.3 is 15.1 Å². The summed E-state index contributed by atoms with van der Waals surface area (Å²) in [5.74, 6) is -0.670. The van der Waals surface area contributed by atoms with Gasteiger partial charge in [0, 0.05) is 13.0 Å². The molecule has 0 aliphatic carbocycles. The summed E-state index contributed by atoms with van der Waals surface area (Å²) < 4.78 is 0. The maximum absolute atomic E-state index is 10.0. The Labute approximate surface area is 99.3 Å². The van der Waals surface area contributed by atoms with Crippen LogP contribution in [-0.4, -0.2) is 48.3 Å². The van der Waals surface area contributed by atoms with Gasteiger partial charge in [0.25, 0.3) is 0 Å². The summed E-state index contributed by atoms with van der Waals surface area (Å²) in [5.41, 5.74) is 0. The molecule has 98 valence electrons. The third-order valence-corrected chi connectivity index (χ3v) is 2.04. The smallest absolute Gasteiger partial charge is 0.303 e. The van der Waals surface area contributed by atoms with E-state index in [9.17, 15) is 4.79 Å². The molecule has 0 aliphatic rings. The van der Waals surface area contributed by atoms with Crippen LogP contribution in [0, 0.1) is 0 Å². The summed E-state index contributed by atoms with van der Waals surface area (Å²) in [5, 5.41) is 16.5. The summed E-state index contributed by atoms with van der Waals surface area (Å²) in [6.07, 6.45) is 5.88. The zero-order valence-corrected chi connectivity index (χ0v) is 10.9. The van der Waals surface area contributed by atoms with Crippen molar-refractivity contribution in [2.75, 3.05) is 27.2 Å². The van der Waals surface area contributed by atoms with Gasteiger partial charge in [0.05, 0.1) is 6.61 Å². The van der Waals surface area contributed by atoms with E-state index in [2.05, 4.69) is 6.92 Å². The average molecular weight is 233 g/mol. The van der Waals surface area contributed by atoms with Crippen LogP contribution in [-0.2, 0) is 4.79 Å². The number of rotatable bonds is 8. The number of carboxylic acids is 1. The predicted molar refractivity (Wildman–Crippen MR) is 66.7 cm³/mol. The van der Waals surface area contributed by atoms with Crippen molar-refractivity contribution >= 4 is 5.97 Å². The van der Waals surface area contributed by atoms with Crippen molar-refractivity contribution in [1.29, 1.82) is 0 Å². The molecule has 16 heavy (non-hydrogen) atoms. The number of hydrogen-bond donors (Lipinski definition) is 2. The van der Waals surface area contributed by atoms with E-state index >= 15 is 0 Å². The number of nitrogens with zero attached hydrogens (tertiary/aromatic N) is 1. The Bertz CT molecular complexity index is 149. The zero-order chi connectivity index (χ0) is 12.8. The Kier molecular flexibility index (Phi) is 16.0. The van der Waals surface area contributed by atoms with Gasteiger partial charge in [-0.1, -0.05) is 32.6 Å². The second kappa shape index (κ2) is 14.4. The molecule has 4 nitrogen and oxygen atoms in total. The number of hydrogen-bond acceptors (Lipinski definition) is 3. The van der Waals surface area contributed by atoms with E-state index in [-0.39, 0.29) is 6.61 Å². The zero-order valence-electron chi connectivity index (χ0n) is 10.9. The van der Waals surface area contributed by atoms with Crippen molar-refractivity contribution in [3.8, 4) is 0 Å². The Morgan fingerprint density at radius 2 is 1.69 bits per heavy atom. The van der Waals surface area contributed by atoms with Gasteiger partial charge >= 0.3 is 5.97 Å². The minimum absolute atomic E-state index is 0.257. The van der Waals surface area contributed by atoms with Gasteiger partial charge in [-0.15, -0.1) is 0 Å². The lowest BCUT2D eigenvalue weighted by Gasteiger charge is -2.03. The molecule has 0 heterocycles. The van der Waals surface area contributed by atoms with E-state index in [1.54, 1.807) is 0 Å². The number of likely N-dealkylation sites (N-methyl/N-ethyl adjacent to an activating group) is 1. The van der Waals surface area contributed by atoms with E-state index in [0.717, 1.165) is 19.4 Å². The van der Waals surface area contributed by atoms with Crippen molar-refractivity contribution in [3.05, 3.63) is 0 Å². The van der Waals surface area contributed by atoms with Crippen molar-refractivity contribution in [2.45, 2.75) is 45.4 Å². The number of aliphatic carboxylic acids is 1. The molecule has 0 fully saturated rings. The van der Waals surface area contributed by atoms with Gasteiger partial charge in [-0.2, -0.15) is 0 Å². The minimum atomic E-state index is -0.670. The molecular weight excluding hydrogens is 206 g/mol. The molecule has 0 aromatic heterocycles. The van der Waals surface area contributed by atoms with E-state index < -0.39 is 5.97 Å². The van der Waals surface area contributed by atoms with Gasteiger partial charge in [0.1, 0.15) is 0 Å². The maximum atomic E-state index is 10.0. The Morgan fingerprint density at radius 3 is 2.00 bits per heavy atom. The fourth-order valence-corrected chi connectivity index (χ4v) is 1.08. The lowest BCUT2D eigenvalue weighted by molar-refractivity contribution is -0.137. The van der Waals surface area contributed by atoms with Crippen molar-refractivity contribution in [1.82, 2.24) is 4.90 Å². The molecule has 0 radical (unpaired) electrons. The molecule has 0 atom stereocenters. The lowest BCUT2D eigenvalue weighted by Crippen LogP contribution is -2.15. The van der Waals surface area contributed by atoms with Crippen LogP contribution >= 0.6 is 0 Å². The molecule has 4 heteroatoms. The minimum Gasteiger partial charge on any atom is -0.481 e. The van der Waals surface area contributed by atoms with Crippen LogP contribution < -0.4 is 0 Å². The normalized spacial score (nSPS) is 9.81. The molecule has 0 rings (SSSR count). The van der Waals surface area contributed by atoms with Gasteiger partial charge in [-0.05, 0) is 20.5 Å². The SMILES string of the molecule is CCCCCCCC(=O)O.CN(C)CCO. The van der Waals surface area contributed by atoms with Crippen LogP contribution in [0.2, 0.25) is 0 Å². The summed E-state index contributed by atoms with van der Waals surface area (Å²) in [7, 11) is 3.85. The third-order valence-electron chi connectivity index (χ3n) is 2.04. The van der Waals surface area contributed by atoms with Crippen molar-refractivity contribution in [2.24, 2.45) is 0 Å². The highest BCUT2D eigenvalue weighted by molar-refractivity contribution is 5.66. The van der Waals surface area contributed by atoms with E-state index in [0.29, 0.717) is 6.42 Å². The molecule has 0 spiro atoms. The van der Waals surface area contributed by atoms with Crippen molar-refractivity contribution < 1.29 is 15.0 Å².